The number of hydrogen-bond donors (Lipinski definition) is 5. The fourth-order valence-electron chi connectivity index (χ4n) is 10.6. The minimum absolute atomic E-state index is 0. The number of pyridine rings is 2. The minimum Gasteiger partial charge on any atom is -0.478 e. The number of aryl methyl sites for hydroxylation is 2. The molecule has 0 bridgehead atoms. The quantitative estimate of drug-likeness (QED) is 0.0396. The van der Waals surface area contributed by atoms with E-state index in [0.717, 1.165) is 143 Å². The van der Waals surface area contributed by atoms with Gasteiger partial charge in [0.15, 0.2) is 0 Å². The zero-order valence-electron chi connectivity index (χ0n) is 56.2. The molecule has 0 aliphatic carbocycles. The average Bonchev–Trinajstić information content (AvgIpc) is 0.861. The fourth-order valence-corrected chi connectivity index (χ4v) is 10.6. The number of hydrogen-bond acceptors (Lipinski definition) is 19. The number of nitrogens with zero attached hydrogens (tertiary/aromatic N) is 12. The maximum Gasteiger partial charge on any atom is 0.338 e. The van der Waals surface area contributed by atoms with Crippen molar-refractivity contribution in [3.05, 3.63) is 227 Å². The smallest absolute Gasteiger partial charge is 0.338 e. The van der Waals surface area contributed by atoms with Gasteiger partial charge in [0.25, 0.3) is 5.91 Å². The van der Waals surface area contributed by atoms with Gasteiger partial charge in [0.05, 0.1) is 29.1 Å². The Morgan fingerprint density at radius 1 is 0.505 bits per heavy atom. The van der Waals surface area contributed by atoms with Crippen LogP contribution < -0.4 is 21.7 Å². The van der Waals surface area contributed by atoms with E-state index >= 15 is 0 Å². The van der Waals surface area contributed by atoms with Crippen LogP contribution >= 0.6 is 0 Å². The van der Waals surface area contributed by atoms with E-state index in [2.05, 4.69) is 96.4 Å². The van der Waals surface area contributed by atoms with Crippen LogP contribution in [0.1, 0.15) is 95.0 Å². The molecule has 4 aromatic heterocycles. The van der Waals surface area contributed by atoms with E-state index in [1.54, 1.807) is 49.3 Å². The second-order valence-corrected chi connectivity index (χ2v) is 24.9. The highest BCUT2D eigenvalue weighted by Gasteiger charge is 2.18. The first-order chi connectivity index (χ1) is 46.4. The molecule has 3 aliphatic rings. The number of anilines is 6. The van der Waals surface area contributed by atoms with Crippen molar-refractivity contribution in [3.63, 3.8) is 0 Å². The predicted molar refractivity (Wildman–Crippen MR) is 402 cm³/mol. The molecule has 0 saturated carbocycles. The zero-order valence-corrected chi connectivity index (χ0v) is 56.2. The molecular formula is C78H102N16O5. The van der Waals surface area contributed by atoms with E-state index in [4.69, 9.17) is 15.6 Å². The number of nitrogens with one attached hydrogen (secondary N) is 3. The van der Waals surface area contributed by atoms with E-state index in [9.17, 15) is 14.4 Å². The maximum atomic E-state index is 12.9. The standard InChI is InChI=1S/C29H31N7O.C17H26N2O2.C16H15N5.C13H18N2O2.3CH4/c1-21-5-10-25(18-27(21)34-29-31-13-11-26(33-29)24-4-3-12-30-19-24)32-28(37)23-8-6-22(7-9-23)20-36-16-14-35(2)15-17-36;1-14(2)13-21-17(20)16-6-4-15(5-7-16)12-19-10-8-18(3)9-11-19;1-11-4-5-13(17)9-15(11)21-16-19-8-6-14(20-16)12-3-2-7-18-10-12;1-14-6-8-15(9-7-14)10-11-2-4-12(5-3-11)13(16)17;;;/h3-13,18-19H,14-17,20H2,1-2H3,(H,32,37)(H,31,33,34);4-7,14H,8-13H2,1-3H3;2-10H,17H2,1H3,(H,19,20,21);2-5H,6-10H2,1H3,(H,16,17);3*1H4. The molecule has 3 aliphatic heterocycles. The highest BCUT2D eigenvalue weighted by molar-refractivity contribution is 6.04. The molecule has 524 valence electrons. The number of likely N-dealkylation sites (N-methyl/N-ethyl adjacent to an activating group) is 3. The Labute approximate surface area is 586 Å². The Balaban J connectivity index is 0.000000217. The van der Waals surface area contributed by atoms with Crippen LogP contribution in [0.5, 0.6) is 0 Å². The second-order valence-electron chi connectivity index (χ2n) is 24.9. The van der Waals surface area contributed by atoms with Crippen LogP contribution in [0.4, 0.5) is 34.6 Å². The lowest BCUT2D eigenvalue weighted by Gasteiger charge is -2.32. The molecule has 6 N–H and O–H groups in total. The second kappa shape index (κ2) is 39.5. The van der Waals surface area contributed by atoms with Crippen LogP contribution in [0, 0.1) is 19.8 Å². The third-order valence-corrected chi connectivity index (χ3v) is 16.6. The number of ether oxygens (including phenoxy) is 1. The number of piperazine rings is 3. The number of carbonyl (C=O) groups is 3. The van der Waals surface area contributed by atoms with Gasteiger partial charge in [-0.2, -0.15) is 0 Å². The number of aromatic carboxylic acids is 1. The van der Waals surface area contributed by atoms with E-state index < -0.39 is 5.97 Å². The summed E-state index contributed by atoms with van der Waals surface area (Å²) in [7, 11) is 6.46. The first-order valence-corrected chi connectivity index (χ1v) is 32.6. The van der Waals surface area contributed by atoms with Gasteiger partial charge in [-0.3, -0.25) is 29.5 Å². The number of benzene rings is 5. The Morgan fingerprint density at radius 3 is 1.31 bits per heavy atom. The van der Waals surface area contributed by atoms with Crippen LogP contribution in [-0.4, -0.2) is 189 Å². The summed E-state index contributed by atoms with van der Waals surface area (Å²) in [6.07, 6.45) is 10.4. The lowest BCUT2D eigenvalue weighted by Crippen LogP contribution is -2.43. The summed E-state index contributed by atoms with van der Waals surface area (Å²) in [5.41, 5.74) is 19.8. The number of nitrogen functional groups attached to an aromatic ring is 1. The third-order valence-electron chi connectivity index (χ3n) is 16.6. The Morgan fingerprint density at radius 2 is 0.909 bits per heavy atom. The number of carboxylic acids is 1. The molecule has 5 aromatic carbocycles. The van der Waals surface area contributed by atoms with Crippen molar-refractivity contribution in [2.75, 3.05) is 128 Å². The normalized spacial score (nSPS) is 14.3. The summed E-state index contributed by atoms with van der Waals surface area (Å²) < 4.78 is 5.24. The van der Waals surface area contributed by atoms with Crippen LogP contribution in [0.15, 0.2) is 183 Å². The van der Waals surface area contributed by atoms with Crippen LogP contribution in [0.2, 0.25) is 0 Å². The average molecular weight is 1340 g/mol. The van der Waals surface area contributed by atoms with Crippen molar-refractivity contribution >= 4 is 52.5 Å². The Hall–Kier alpha value is -9.87. The van der Waals surface area contributed by atoms with Crippen molar-refractivity contribution in [1.82, 2.24) is 59.3 Å². The number of carbonyl (C=O) groups excluding carboxylic acids is 2. The monoisotopic (exact) mass is 1340 g/mol. The predicted octanol–water partition coefficient (Wildman–Crippen LogP) is 13.1. The highest BCUT2D eigenvalue weighted by Crippen LogP contribution is 2.27. The van der Waals surface area contributed by atoms with Crippen LogP contribution in [-0.2, 0) is 24.4 Å². The van der Waals surface area contributed by atoms with Gasteiger partial charge in [-0.05, 0) is 166 Å². The molecule has 3 fully saturated rings. The topological polar surface area (TPSA) is 240 Å². The molecule has 0 radical (unpaired) electrons. The molecule has 9 aromatic rings. The summed E-state index contributed by atoms with van der Waals surface area (Å²) >= 11 is 0. The molecule has 99 heavy (non-hydrogen) atoms. The molecule has 0 unspecified atom stereocenters. The summed E-state index contributed by atoms with van der Waals surface area (Å²) in [5.74, 6) is 0.140. The van der Waals surface area contributed by atoms with Gasteiger partial charge in [-0.15, -0.1) is 0 Å². The van der Waals surface area contributed by atoms with E-state index in [1.807, 2.05) is 161 Å². The van der Waals surface area contributed by atoms with Gasteiger partial charge in [0.1, 0.15) is 0 Å². The number of rotatable bonds is 18. The first-order valence-electron chi connectivity index (χ1n) is 32.6. The molecular weight excluding hydrogens is 1240 g/mol. The number of carboxylic acid groups (broad SMARTS) is 1. The zero-order chi connectivity index (χ0) is 67.8. The van der Waals surface area contributed by atoms with Crippen LogP contribution in [0.3, 0.4) is 0 Å². The number of aromatic nitrogens is 6. The molecule has 0 atom stereocenters. The third kappa shape index (κ3) is 25.2. The number of amides is 1. The van der Waals surface area contributed by atoms with Crippen LogP contribution in [0.25, 0.3) is 22.5 Å². The lowest BCUT2D eigenvalue weighted by molar-refractivity contribution is 0.0458. The molecule has 7 heterocycles. The van der Waals surface area contributed by atoms with Crippen molar-refractivity contribution in [2.24, 2.45) is 5.92 Å². The fraction of sp³-hybridized carbons (Fsp3) is 0.346. The summed E-state index contributed by atoms with van der Waals surface area (Å²) in [4.78, 5) is 75.8. The van der Waals surface area contributed by atoms with Gasteiger partial charge >= 0.3 is 11.9 Å². The summed E-state index contributed by atoms with van der Waals surface area (Å²) in [6.45, 7) is 24.5. The van der Waals surface area contributed by atoms with Gasteiger partial charge in [0.2, 0.25) is 11.9 Å². The maximum absolute atomic E-state index is 12.9. The summed E-state index contributed by atoms with van der Waals surface area (Å²) in [5, 5.41) is 18.3. The van der Waals surface area contributed by atoms with Crippen molar-refractivity contribution in [1.29, 1.82) is 0 Å². The number of nitrogens with two attached hydrogens (primary N) is 1. The van der Waals surface area contributed by atoms with Crippen molar-refractivity contribution in [2.45, 2.75) is 69.6 Å². The molecule has 3 saturated heterocycles. The van der Waals surface area contributed by atoms with E-state index in [-0.39, 0.29) is 34.2 Å². The van der Waals surface area contributed by atoms with E-state index in [0.29, 0.717) is 52.5 Å². The SMILES string of the molecule is C.C.C.CC(C)COC(=O)c1ccc(CN2CCN(C)CC2)cc1.CN1CCN(Cc2ccc(C(=O)O)cc2)CC1.Cc1ccc(N)cc1Nc1nccc(-c2cccnc2)n1.Cc1ccc(NC(=O)c2ccc(CN3CCN(C)CC3)cc2)cc1Nc1nccc(-c2cccnc2)n1. The molecule has 12 rings (SSSR count). The minimum atomic E-state index is -0.865. The summed E-state index contributed by atoms with van der Waals surface area (Å²) in [6, 6.07) is 45.7. The highest BCUT2D eigenvalue weighted by atomic mass is 16.5. The van der Waals surface area contributed by atoms with Crippen molar-refractivity contribution in [3.8, 4) is 22.5 Å². The number of esters is 1. The van der Waals surface area contributed by atoms with E-state index in [1.165, 1.54) is 16.7 Å². The van der Waals surface area contributed by atoms with Gasteiger partial charge in [0, 0.05) is 175 Å². The largest absolute Gasteiger partial charge is 0.478 e. The molecule has 0 spiro atoms. The van der Waals surface area contributed by atoms with Gasteiger partial charge in [-0.1, -0.05) is 84.7 Å². The molecule has 1 amide bonds. The molecule has 21 heteroatoms. The first kappa shape index (κ1) is 78.1. The van der Waals surface area contributed by atoms with Crippen molar-refractivity contribution < 1.29 is 24.2 Å². The Bertz CT molecular complexity index is 3900. The van der Waals surface area contributed by atoms with Gasteiger partial charge < -0.3 is 46.2 Å². The Kier molecular flexibility index (Phi) is 31.2. The lowest BCUT2D eigenvalue weighted by atomic mass is 10.1. The molecule has 21 nitrogen and oxygen atoms in total. The van der Waals surface area contributed by atoms with Gasteiger partial charge in [-0.25, -0.2) is 29.5 Å².